The normalized spacial score (nSPS) is 11.9. The van der Waals surface area contributed by atoms with Crippen molar-refractivity contribution in [2.24, 2.45) is 5.73 Å². The van der Waals surface area contributed by atoms with Crippen LogP contribution in [0.5, 0.6) is 0 Å². The summed E-state index contributed by atoms with van der Waals surface area (Å²) in [6.07, 6.45) is 3.75. The highest BCUT2D eigenvalue weighted by Crippen LogP contribution is 2.14. The summed E-state index contributed by atoms with van der Waals surface area (Å²) in [7, 11) is 0. The molecule has 0 aliphatic carbocycles. The van der Waals surface area contributed by atoms with E-state index in [1.54, 1.807) is 12.4 Å². The maximum absolute atomic E-state index is 11.6. The first-order valence-corrected chi connectivity index (χ1v) is 6.14. The Labute approximate surface area is 111 Å². The van der Waals surface area contributed by atoms with Crippen molar-refractivity contribution in [3.05, 3.63) is 42.7 Å². The second kappa shape index (κ2) is 6.06. The maximum atomic E-state index is 11.6. The lowest BCUT2D eigenvalue weighted by Gasteiger charge is -2.09. The Morgan fingerprint density at radius 2 is 1.89 bits per heavy atom. The summed E-state index contributed by atoms with van der Waals surface area (Å²) >= 11 is 0. The Kier molecular flexibility index (Phi) is 4.20. The third-order valence-electron chi connectivity index (χ3n) is 2.73. The van der Waals surface area contributed by atoms with E-state index >= 15 is 0 Å². The third kappa shape index (κ3) is 3.35. The zero-order chi connectivity index (χ0) is 13.7. The molecule has 0 radical (unpaired) electrons. The average Bonchev–Trinajstić information content (AvgIpc) is 2.48. The molecule has 0 unspecified atom stereocenters. The first kappa shape index (κ1) is 13.2. The van der Waals surface area contributed by atoms with Gasteiger partial charge in [-0.25, -0.2) is 9.97 Å². The van der Waals surface area contributed by atoms with Crippen LogP contribution >= 0.6 is 0 Å². The molecule has 3 N–H and O–H groups in total. The number of nitrogens with one attached hydrogen (secondary N) is 1. The summed E-state index contributed by atoms with van der Waals surface area (Å²) in [5, 5.41) is 2.68. The molecule has 0 aliphatic rings. The van der Waals surface area contributed by atoms with Gasteiger partial charge in [0.15, 0.2) is 5.82 Å². The second-order valence-electron chi connectivity index (χ2n) is 4.17. The van der Waals surface area contributed by atoms with Gasteiger partial charge in [0.1, 0.15) is 0 Å². The minimum absolute atomic E-state index is 0.224. The number of rotatable bonds is 4. The molecule has 5 nitrogen and oxygen atoms in total. The van der Waals surface area contributed by atoms with E-state index in [2.05, 4.69) is 15.3 Å². The molecule has 0 saturated carbocycles. The molecule has 2 rings (SSSR count). The Balaban J connectivity index is 2.09. The van der Waals surface area contributed by atoms with Crippen molar-refractivity contribution < 1.29 is 4.79 Å². The van der Waals surface area contributed by atoms with Gasteiger partial charge in [-0.1, -0.05) is 37.3 Å². The number of hydrogen-bond acceptors (Lipinski definition) is 4. The molecule has 0 aliphatic heterocycles. The number of carbonyl (C=O) groups excluding carboxylic acids is 1. The van der Waals surface area contributed by atoms with Crippen molar-refractivity contribution in [3.8, 4) is 11.4 Å². The lowest BCUT2D eigenvalue weighted by atomic mass is 10.2. The van der Waals surface area contributed by atoms with Crippen molar-refractivity contribution >= 4 is 11.6 Å². The summed E-state index contributed by atoms with van der Waals surface area (Å²) in [4.78, 5) is 20.0. The van der Waals surface area contributed by atoms with E-state index in [1.807, 2.05) is 37.3 Å². The van der Waals surface area contributed by atoms with Gasteiger partial charge in [0.2, 0.25) is 5.91 Å². The van der Waals surface area contributed by atoms with Crippen molar-refractivity contribution in [3.63, 3.8) is 0 Å². The Morgan fingerprint density at radius 3 is 2.47 bits per heavy atom. The molecule has 1 heterocycles. The first-order valence-electron chi connectivity index (χ1n) is 6.14. The minimum atomic E-state index is -0.506. The van der Waals surface area contributed by atoms with Gasteiger partial charge < -0.3 is 11.1 Å². The molecule has 98 valence electrons. The van der Waals surface area contributed by atoms with E-state index in [4.69, 9.17) is 5.73 Å². The van der Waals surface area contributed by atoms with Gasteiger partial charge in [-0.2, -0.15) is 0 Å². The molecule has 1 amide bonds. The van der Waals surface area contributed by atoms with Crippen LogP contribution in [0.3, 0.4) is 0 Å². The summed E-state index contributed by atoms with van der Waals surface area (Å²) in [6.45, 7) is 1.86. The lowest BCUT2D eigenvalue weighted by Crippen LogP contribution is -2.34. The fraction of sp³-hybridized carbons (Fsp3) is 0.214. The van der Waals surface area contributed by atoms with E-state index in [9.17, 15) is 4.79 Å². The van der Waals surface area contributed by atoms with Crippen LogP contribution < -0.4 is 11.1 Å². The minimum Gasteiger partial charge on any atom is -0.322 e. The molecule has 1 aromatic heterocycles. The topological polar surface area (TPSA) is 80.9 Å². The molecule has 0 bridgehead atoms. The number of aromatic nitrogens is 2. The predicted octanol–water partition coefficient (Wildman–Crippen LogP) is 1.82. The molecule has 1 aromatic carbocycles. The lowest BCUT2D eigenvalue weighted by molar-refractivity contribution is -0.117. The van der Waals surface area contributed by atoms with Gasteiger partial charge in [0, 0.05) is 5.56 Å². The number of nitrogens with zero attached hydrogens (tertiary/aromatic N) is 2. The first-order chi connectivity index (χ1) is 9.20. The van der Waals surface area contributed by atoms with E-state index in [-0.39, 0.29) is 5.91 Å². The standard InChI is InChI=1S/C14H16N4O/c1-2-12(15)14(19)18-11-8-16-13(17-9-11)10-6-4-3-5-7-10/h3-9,12H,2,15H2,1H3,(H,18,19)/t12-/m1/s1. The third-order valence-corrected chi connectivity index (χ3v) is 2.73. The Bertz CT molecular complexity index is 539. The van der Waals surface area contributed by atoms with Crippen molar-refractivity contribution in [2.45, 2.75) is 19.4 Å². The van der Waals surface area contributed by atoms with Crippen LogP contribution in [-0.4, -0.2) is 21.9 Å². The summed E-state index contributed by atoms with van der Waals surface area (Å²) < 4.78 is 0. The maximum Gasteiger partial charge on any atom is 0.241 e. The molecule has 0 spiro atoms. The highest BCUT2D eigenvalue weighted by molar-refractivity contribution is 5.94. The number of hydrogen-bond donors (Lipinski definition) is 2. The van der Waals surface area contributed by atoms with Crippen molar-refractivity contribution in [1.29, 1.82) is 0 Å². The number of benzene rings is 1. The molecule has 5 heteroatoms. The highest BCUT2D eigenvalue weighted by atomic mass is 16.2. The van der Waals surface area contributed by atoms with E-state index in [0.29, 0.717) is 17.9 Å². The number of nitrogens with two attached hydrogens (primary N) is 1. The molecular formula is C14H16N4O. The summed E-state index contributed by atoms with van der Waals surface area (Å²) in [5.74, 6) is 0.400. The van der Waals surface area contributed by atoms with Crippen LogP contribution in [0.15, 0.2) is 42.7 Å². The highest BCUT2D eigenvalue weighted by Gasteiger charge is 2.11. The van der Waals surface area contributed by atoms with Crippen molar-refractivity contribution in [2.75, 3.05) is 5.32 Å². The monoisotopic (exact) mass is 256 g/mol. The zero-order valence-corrected chi connectivity index (χ0v) is 10.7. The van der Waals surface area contributed by atoms with Gasteiger partial charge in [-0.3, -0.25) is 4.79 Å². The van der Waals surface area contributed by atoms with E-state index in [1.165, 1.54) is 0 Å². The van der Waals surface area contributed by atoms with Crippen LogP contribution in [0.25, 0.3) is 11.4 Å². The van der Waals surface area contributed by atoms with E-state index in [0.717, 1.165) is 5.56 Å². The van der Waals surface area contributed by atoms with Crippen LogP contribution in [0.2, 0.25) is 0 Å². The SMILES string of the molecule is CC[C@@H](N)C(=O)Nc1cnc(-c2ccccc2)nc1. The smallest absolute Gasteiger partial charge is 0.241 e. The zero-order valence-electron chi connectivity index (χ0n) is 10.7. The number of anilines is 1. The van der Waals surface area contributed by atoms with Gasteiger partial charge in [-0.05, 0) is 6.42 Å². The predicted molar refractivity (Wildman–Crippen MR) is 74.4 cm³/mol. The van der Waals surface area contributed by atoms with Gasteiger partial charge in [0.05, 0.1) is 24.1 Å². The molecule has 2 aromatic rings. The summed E-state index contributed by atoms with van der Waals surface area (Å²) in [5.41, 5.74) is 7.12. The van der Waals surface area contributed by atoms with Crippen molar-refractivity contribution in [1.82, 2.24) is 9.97 Å². The molecule has 1 atom stereocenters. The quantitative estimate of drug-likeness (QED) is 0.874. The van der Waals surface area contributed by atoms with Crippen LogP contribution in [0.4, 0.5) is 5.69 Å². The fourth-order valence-electron chi connectivity index (χ4n) is 1.55. The van der Waals surface area contributed by atoms with E-state index < -0.39 is 6.04 Å². The van der Waals surface area contributed by atoms with Crippen LogP contribution in [0.1, 0.15) is 13.3 Å². The largest absolute Gasteiger partial charge is 0.322 e. The van der Waals surface area contributed by atoms with Gasteiger partial charge in [-0.15, -0.1) is 0 Å². The molecular weight excluding hydrogens is 240 g/mol. The Morgan fingerprint density at radius 1 is 1.26 bits per heavy atom. The Hall–Kier alpha value is -2.27. The summed E-state index contributed by atoms with van der Waals surface area (Å²) in [6, 6.07) is 9.14. The van der Waals surface area contributed by atoms with Gasteiger partial charge >= 0.3 is 0 Å². The molecule has 0 fully saturated rings. The number of amides is 1. The fourth-order valence-corrected chi connectivity index (χ4v) is 1.55. The van der Waals surface area contributed by atoms with Crippen LogP contribution in [-0.2, 0) is 4.79 Å². The average molecular weight is 256 g/mol. The van der Waals surface area contributed by atoms with Gasteiger partial charge in [0.25, 0.3) is 0 Å². The molecule has 19 heavy (non-hydrogen) atoms. The second-order valence-corrected chi connectivity index (χ2v) is 4.17. The molecule has 0 saturated heterocycles. The number of carbonyl (C=O) groups is 1. The van der Waals surface area contributed by atoms with Crippen LogP contribution in [0, 0.1) is 0 Å².